The lowest BCUT2D eigenvalue weighted by Gasteiger charge is -2.37. The van der Waals surface area contributed by atoms with Crippen LogP contribution in [-0.2, 0) is 0 Å². The van der Waals surface area contributed by atoms with Gasteiger partial charge in [0.25, 0.3) is 0 Å². The highest BCUT2D eigenvalue weighted by Gasteiger charge is 2.32. The van der Waals surface area contributed by atoms with Crippen molar-refractivity contribution in [1.29, 1.82) is 10.7 Å². The molecule has 1 unspecified atom stereocenters. The molecule has 0 bridgehead atoms. The molecule has 1 aliphatic heterocycles. The molecule has 1 atom stereocenters. The summed E-state index contributed by atoms with van der Waals surface area (Å²) in [5.41, 5.74) is 11.4. The summed E-state index contributed by atoms with van der Waals surface area (Å²) in [4.78, 5) is 10.00. The normalized spacial score (nSPS) is 22.8. The minimum Gasteiger partial charge on any atom is -0.383 e. The fourth-order valence-corrected chi connectivity index (χ4v) is 2.38. The van der Waals surface area contributed by atoms with E-state index in [9.17, 15) is 5.26 Å². The molecule has 1 aromatic heterocycles. The summed E-state index contributed by atoms with van der Waals surface area (Å²) in [5, 5.41) is 16.7. The molecule has 0 radical (unpaired) electrons. The number of nitrogens with zero attached hydrogens (tertiary/aromatic N) is 4. The highest BCUT2D eigenvalue weighted by molar-refractivity contribution is 5.90. The Labute approximate surface area is 111 Å². The van der Waals surface area contributed by atoms with Crippen molar-refractivity contribution < 1.29 is 0 Å². The van der Waals surface area contributed by atoms with E-state index in [-0.39, 0.29) is 11.8 Å². The van der Waals surface area contributed by atoms with Crippen LogP contribution < -0.4 is 16.4 Å². The largest absolute Gasteiger partial charge is 0.383 e. The Balaban J connectivity index is 2.42. The van der Waals surface area contributed by atoms with Gasteiger partial charge in [0, 0.05) is 19.3 Å². The van der Waals surface area contributed by atoms with Crippen LogP contribution in [0, 0.1) is 22.2 Å². The van der Waals surface area contributed by atoms with Crippen molar-refractivity contribution in [3.63, 3.8) is 0 Å². The van der Waals surface area contributed by atoms with Crippen LogP contribution in [0.15, 0.2) is 0 Å². The zero-order chi connectivity index (χ0) is 14.0. The van der Waals surface area contributed by atoms with Gasteiger partial charge in [0.05, 0.1) is 17.0 Å². The molecule has 7 nitrogen and oxygen atoms in total. The lowest BCUT2D eigenvalue weighted by molar-refractivity contribution is 0.348. The smallest absolute Gasteiger partial charge is 0.223 e. The maximum Gasteiger partial charge on any atom is 0.223 e. The molecule has 0 aliphatic carbocycles. The molecule has 100 valence electrons. The Morgan fingerprint density at radius 1 is 1.47 bits per heavy atom. The molecular weight excluding hydrogens is 242 g/mol. The summed E-state index contributed by atoms with van der Waals surface area (Å²) >= 11 is 0. The van der Waals surface area contributed by atoms with Gasteiger partial charge in [-0.05, 0) is 19.8 Å². The van der Waals surface area contributed by atoms with E-state index in [4.69, 9.17) is 16.9 Å². The fraction of sp³-hybridized carbons (Fsp3) is 0.500. The highest BCUT2D eigenvalue weighted by atomic mass is 15.2. The van der Waals surface area contributed by atoms with Crippen molar-refractivity contribution in [2.45, 2.75) is 19.8 Å². The Kier molecular flexibility index (Phi) is 3.25. The summed E-state index contributed by atoms with van der Waals surface area (Å²) in [6.07, 6.45) is 2.88. The number of aromatic nitrogens is 2. The van der Waals surface area contributed by atoms with Crippen molar-refractivity contribution in [2.75, 3.05) is 29.5 Å². The Hall–Kier alpha value is -2.36. The van der Waals surface area contributed by atoms with Crippen LogP contribution in [0.1, 0.15) is 25.3 Å². The minimum absolute atomic E-state index is 0.0855. The quantitative estimate of drug-likeness (QED) is 0.673. The van der Waals surface area contributed by atoms with E-state index in [2.05, 4.69) is 16.0 Å². The van der Waals surface area contributed by atoms with E-state index in [0.29, 0.717) is 17.9 Å². The van der Waals surface area contributed by atoms with E-state index in [1.807, 2.05) is 11.8 Å². The first-order valence-corrected chi connectivity index (χ1v) is 6.09. The van der Waals surface area contributed by atoms with Gasteiger partial charge in [-0.3, -0.25) is 0 Å². The number of hydrogen-bond donors (Lipinski definition) is 3. The number of nitriles is 1. The summed E-state index contributed by atoms with van der Waals surface area (Å²) in [5.74, 6) is 0.824. The third-order valence-electron chi connectivity index (χ3n) is 3.38. The lowest BCUT2D eigenvalue weighted by Crippen LogP contribution is -2.42. The molecule has 19 heavy (non-hydrogen) atoms. The number of nitrogen functional groups attached to an aromatic ring is 2. The van der Waals surface area contributed by atoms with Gasteiger partial charge in [0.2, 0.25) is 5.95 Å². The molecule has 0 aromatic carbocycles. The van der Waals surface area contributed by atoms with E-state index in [1.165, 1.54) is 0 Å². The van der Waals surface area contributed by atoms with Crippen molar-refractivity contribution in [2.24, 2.45) is 5.41 Å². The Morgan fingerprint density at radius 3 is 2.84 bits per heavy atom. The second-order valence-electron chi connectivity index (χ2n) is 5.05. The molecule has 0 spiro atoms. The third kappa shape index (κ3) is 2.42. The SMILES string of the molecule is CC1(C#N)CCCN(c2nc(N)nc(N)c2C=N)C1. The van der Waals surface area contributed by atoms with Crippen molar-refractivity contribution >= 4 is 23.8 Å². The van der Waals surface area contributed by atoms with Crippen LogP contribution in [0.25, 0.3) is 0 Å². The first-order valence-electron chi connectivity index (χ1n) is 6.09. The third-order valence-corrected chi connectivity index (χ3v) is 3.38. The number of nitrogens with two attached hydrogens (primary N) is 2. The Bertz CT molecular complexity index is 548. The van der Waals surface area contributed by atoms with Gasteiger partial charge in [0.15, 0.2) is 0 Å². The molecule has 2 heterocycles. The van der Waals surface area contributed by atoms with E-state index in [1.54, 1.807) is 0 Å². The molecule has 5 N–H and O–H groups in total. The van der Waals surface area contributed by atoms with Gasteiger partial charge >= 0.3 is 0 Å². The first-order chi connectivity index (χ1) is 8.99. The second kappa shape index (κ2) is 4.72. The standard InChI is InChI=1S/C12H17N7/c1-12(6-14)3-2-4-19(7-12)10-8(5-13)9(15)17-11(16)18-10/h5,13H,2-4,7H2,1H3,(H4,15,16,17,18). The predicted molar refractivity (Wildman–Crippen MR) is 73.9 cm³/mol. The molecule has 7 heteroatoms. The van der Waals surface area contributed by atoms with Crippen LogP contribution in [0.5, 0.6) is 0 Å². The molecule has 0 saturated carbocycles. The topological polar surface area (TPSA) is 129 Å². The molecule has 1 aromatic rings. The van der Waals surface area contributed by atoms with Gasteiger partial charge < -0.3 is 21.8 Å². The average molecular weight is 259 g/mol. The number of piperidine rings is 1. The minimum atomic E-state index is -0.411. The van der Waals surface area contributed by atoms with Crippen molar-refractivity contribution in [3.05, 3.63) is 5.56 Å². The van der Waals surface area contributed by atoms with Gasteiger partial charge in [-0.25, -0.2) is 0 Å². The molecular formula is C12H17N7. The summed E-state index contributed by atoms with van der Waals surface area (Å²) in [7, 11) is 0. The van der Waals surface area contributed by atoms with E-state index >= 15 is 0 Å². The van der Waals surface area contributed by atoms with E-state index < -0.39 is 5.41 Å². The van der Waals surface area contributed by atoms with E-state index in [0.717, 1.165) is 25.6 Å². The molecule has 1 fully saturated rings. The van der Waals surface area contributed by atoms with Gasteiger partial charge in [-0.2, -0.15) is 15.2 Å². The highest BCUT2D eigenvalue weighted by Crippen LogP contribution is 2.32. The number of rotatable bonds is 2. The van der Waals surface area contributed by atoms with Crippen LogP contribution >= 0.6 is 0 Å². The number of nitrogens with one attached hydrogen (secondary N) is 1. The summed E-state index contributed by atoms with van der Waals surface area (Å²) in [6.45, 7) is 3.26. The zero-order valence-corrected chi connectivity index (χ0v) is 10.8. The maximum absolute atomic E-state index is 9.25. The van der Waals surface area contributed by atoms with Gasteiger partial charge in [-0.15, -0.1) is 0 Å². The molecule has 1 aliphatic rings. The molecule has 2 rings (SSSR count). The van der Waals surface area contributed by atoms with Crippen LogP contribution in [0.2, 0.25) is 0 Å². The Morgan fingerprint density at radius 2 is 2.21 bits per heavy atom. The van der Waals surface area contributed by atoms with Crippen molar-refractivity contribution in [1.82, 2.24) is 9.97 Å². The van der Waals surface area contributed by atoms with Crippen LogP contribution in [-0.4, -0.2) is 29.3 Å². The number of anilines is 3. The van der Waals surface area contributed by atoms with Crippen LogP contribution in [0.4, 0.5) is 17.6 Å². The van der Waals surface area contributed by atoms with Crippen LogP contribution in [0.3, 0.4) is 0 Å². The summed E-state index contributed by atoms with van der Waals surface area (Å²) in [6, 6.07) is 2.34. The molecule has 1 saturated heterocycles. The monoisotopic (exact) mass is 259 g/mol. The van der Waals surface area contributed by atoms with Gasteiger partial charge in [-0.1, -0.05) is 0 Å². The summed E-state index contributed by atoms with van der Waals surface area (Å²) < 4.78 is 0. The predicted octanol–water partition coefficient (Wildman–Crippen LogP) is 0.769. The second-order valence-corrected chi connectivity index (χ2v) is 5.05. The zero-order valence-electron chi connectivity index (χ0n) is 10.8. The fourth-order valence-electron chi connectivity index (χ4n) is 2.38. The molecule has 0 amide bonds. The number of hydrogen-bond acceptors (Lipinski definition) is 7. The van der Waals surface area contributed by atoms with Gasteiger partial charge in [0.1, 0.15) is 11.6 Å². The maximum atomic E-state index is 9.25. The first kappa shape index (κ1) is 13.1. The average Bonchev–Trinajstić information content (AvgIpc) is 2.38. The van der Waals surface area contributed by atoms with Crippen molar-refractivity contribution in [3.8, 4) is 6.07 Å². The lowest BCUT2D eigenvalue weighted by atomic mass is 9.83.